The number of aliphatic hydroxyl groups is 4. The zero-order valence-electron chi connectivity index (χ0n) is 27.6. The number of hydrogen-bond acceptors (Lipinski definition) is 13. The van der Waals surface area contributed by atoms with E-state index in [1.54, 1.807) is 0 Å². The Morgan fingerprint density at radius 2 is 1.68 bits per heavy atom. The number of benzene rings is 2. The van der Waals surface area contributed by atoms with Crippen LogP contribution >= 0.6 is 0 Å². The van der Waals surface area contributed by atoms with Gasteiger partial charge in [-0.3, -0.25) is 0 Å². The van der Waals surface area contributed by atoms with Gasteiger partial charge in [0, 0.05) is 18.8 Å². The molecule has 16 nitrogen and oxygen atoms in total. The SMILES string of the molecule is CC(C)CN(CC(O)C(Cc1ccccc1)NC(=O)OC1COC2OCCC12)S(=O)(=O)c1ccc(NC2OC(C(=O)O)C(O)C(O)C2O)cc1. The molecule has 3 saturated heterocycles. The topological polar surface area (TPSA) is 234 Å². The molecule has 50 heavy (non-hydrogen) atoms. The van der Waals surface area contributed by atoms with Crippen LogP contribution in [-0.4, -0.2) is 132 Å². The summed E-state index contributed by atoms with van der Waals surface area (Å²) in [6.07, 6.45) is -10.8. The van der Waals surface area contributed by atoms with Gasteiger partial charge in [0.05, 0.1) is 36.2 Å². The smallest absolute Gasteiger partial charge is 0.407 e. The number of nitrogens with zero attached hydrogens (tertiary/aromatic N) is 1. The highest BCUT2D eigenvalue weighted by Gasteiger charge is 2.47. The zero-order chi connectivity index (χ0) is 36.2. The molecule has 3 heterocycles. The van der Waals surface area contributed by atoms with Gasteiger partial charge in [0.1, 0.15) is 24.4 Å². The van der Waals surface area contributed by atoms with Gasteiger partial charge >= 0.3 is 12.1 Å². The minimum atomic E-state index is -4.21. The van der Waals surface area contributed by atoms with Crippen molar-refractivity contribution in [3.05, 3.63) is 60.2 Å². The molecule has 17 heteroatoms. The summed E-state index contributed by atoms with van der Waals surface area (Å²) < 4.78 is 51.0. The van der Waals surface area contributed by atoms with E-state index < -0.39 is 77.3 Å². The maximum atomic E-state index is 14.0. The first-order chi connectivity index (χ1) is 23.7. The highest BCUT2D eigenvalue weighted by atomic mass is 32.2. The zero-order valence-corrected chi connectivity index (χ0v) is 28.5. The summed E-state index contributed by atoms with van der Waals surface area (Å²) in [6, 6.07) is 13.5. The Hall–Kier alpha value is -3.39. The normalized spacial score (nSPS) is 29.4. The molecular formula is C33H45N3O13S. The van der Waals surface area contributed by atoms with Gasteiger partial charge in [0.25, 0.3) is 0 Å². The molecule has 276 valence electrons. The lowest BCUT2D eigenvalue weighted by atomic mass is 9.98. The van der Waals surface area contributed by atoms with Crippen LogP contribution in [0.2, 0.25) is 0 Å². The summed E-state index contributed by atoms with van der Waals surface area (Å²) in [4.78, 5) is 24.4. The van der Waals surface area contributed by atoms with Gasteiger partial charge in [-0.15, -0.1) is 0 Å². The minimum absolute atomic E-state index is 0.0449. The van der Waals surface area contributed by atoms with Gasteiger partial charge in [0.2, 0.25) is 10.0 Å². The van der Waals surface area contributed by atoms with E-state index in [-0.39, 0.29) is 48.5 Å². The number of nitrogens with one attached hydrogen (secondary N) is 2. The Bertz CT molecular complexity index is 1550. The molecule has 5 rings (SSSR count). The van der Waals surface area contributed by atoms with Crippen LogP contribution in [0, 0.1) is 11.8 Å². The van der Waals surface area contributed by atoms with Crippen LogP contribution < -0.4 is 10.6 Å². The highest BCUT2D eigenvalue weighted by Crippen LogP contribution is 2.33. The van der Waals surface area contributed by atoms with Crippen molar-refractivity contribution in [3.63, 3.8) is 0 Å². The minimum Gasteiger partial charge on any atom is -0.479 e. The number of anilines is 1. The molecule has 3 aliphatic heterocycles. The molecule has 0 bridgehead atoms. The number of aliphatic hydroxyl groups excluding tert-OH is 4. The molecule has 10 atom stereocenters. The lowest BCUT2D eigenvalue weighted by Gasteiger charge is -2.39. The van der Waals surface area contributed by atoms with E-state index in [0.717, 1.165) is 9.87 Å². The van der Waals surface area contributed by atoms with E-state index in [1.807, 2.05) is 44.2 Å². The Kier molecular flexibility index (Phi) is 12.3. The number of alkyl carbamates (subject to hydrolysis) is 1. The summed E-state index contributed by atoms with van der Waals surface area (Å²) in [5.74, 6) is -1.77. The van der Waals surface area contributed by atoms with E-state index in [1.165, 1.54) is 24.3 Å². The van der Waals surface area contributed by atoms with Crippen LogP contribution in [0.4, 0.5) is 10.5 Å². The van der Waals surface area contributed by atoms with E-state index in [9.17, 15) is 43.5 Å². The first-order valence-corrected chi connectivity index (χ1v) is 17.9. The highest BCUT2D eigenvalue weighted by molar-refractivity contribution is 7.89. The van der Waals surface area contributed by atoms with Crippen LogP contribution in [0.5, 0.6) is 0 Å². The Morgan fingerprint density at radius 1 is 0.980 bits per heavy atom. The predicted octanol–water partition coefficient (Wildman–Crippen LogP) is 0.0972. The first kappa shape index (κ1) is 37.9. The lowest BCUT2D eigenvalue weighted by molar-refractivity contribution is -0.221. The third kappa shape index (κ3) is 8.90. The van der Waals surface area contributed by atoms with Gasteiger partial charge in [-0.1, -0.05) is 44.2 Å². The van der Waals surface area contributed by atoms with Crippen molar-refractivity contribution in [1.29, 1.82) is 0 Å². The van der Waals surface area contributed by atoms with Gasteiger partial charge in [-0.05, 0) is 48.6 Å². The van der Waals surface area contributed by atoms with E-state index in [2.05, 4.69) is 10.6 Å². The summed E-state index contributed by atoms with van der Waals surface area (Å²) >= 11 is 0. The summed E-state index contributed by atoms with van der Waals surface area (Å²) in [5.41, 5.74) is 1.03. The number of sulfonamides is 1. The third-order valence-corrected chi connectivity index (χ3v) is 10.8. The number of carbonyl (C=O) groups excluding carboxylic acids is 1. The number of rotatable bonds is 14. The van der Waals surface area contributed by atoms with Crippen molar-refractivity contribution in [2.24, 2.45) is 11.8 Å². The average molecular weight is 724 g/mol. The Balaban J connectivity index is 1.29. The largest absolute Gasteiger partial charge is 0.479 e. The molecule has 0 radical (unpaired) electrons. The number of carboxylic acid groups (broad SMARTS) is 1. The molecule has 10 unspecified atom stereocenters. The number of fused-ring (bicyclic) bond motifs is 1. The molecule has 0 aromatic heterocycles. The molecule has 1 amide bonds. The van der Waals surface area contributed by atoms with Crippen molar-refractivity contribution in [1.82, 2.24) is 9.62 Å². The molecule has 3 fully saturated rings. The van der Waals surface area contributed by atoms with Gasteiger partial charge in [-0.25, -0.2) is 18.0 Å². The molecular weight excluding hydrogens is 678 g/mol. The standard InChI is InChI=1S/C33H45N3O13S/c1-18(2)15-36(50(44,45)21-10-8-20(9-11-21)34-30-28(40)26(38)27(39)29(49-30)31(41)42)16-24(37)23(14-19-6-4-3-5-7-19)35-33(43)48-25-17-47-32-22(25)12-13-46-32/h3-11,18,22-30,32,34,37-40H,12-17H2,1-2H3,(H,35,43)(H,41,42). The van der Waals surface area contributed by atoms with Crippen molar-refractivity contribution in [2.75, 3.05) is 31.6 Å². The Morgan fingerprint density at radius 3 is 2.34 bits per heavy atom. The van der Waals surface area contributed by atoms with Crippen LogP contribution in [0.1, 0.15) is 25.8 Å². The molecule has 2 aromatic rings. The monoisotopic (exact) mass is 723 g/mol. The fourth-order valence-corrected chi connectivity index (χ4v) is 7.90. The van der Waals surface area contributed by atoms with Crippen LogP contribution in [0.25, 0.3) is 0 Å². The number of amides is 1. The number of aliphatic carboxylic acids is 1. The predicted molar refractivity (Wildman–Crippen MR) is 175 cm³/mol. The van der Waals surface area contributed by atoms with Crippen molar-refractivity contribution < 1.29 is 62.5 Å². The van der Waals surface area contributed by atoms with Crippen LogP contribution in [0.15, 0.2) is 59.5 Å². The van der Waals surface area contributed by atoms with E-state index >= 15 is 0 Å². The molecule has 0 spiro atoms. The maximum Gasteiger partial charge on any atom is 0.407 e. The van der Waals surface area contributed by atoms with Gasteiger partial charge < -0.3 is 55.1 Å². The van der Waals surface area contributed by atoms with Crippen LogP contribution in [-0.2, 0) is 40.2 Å². The summed E-state index contributed by atoms with van der Waals surface area (Å²) in [6.45, 7) is 4.03. The second-order valence-corrected chi connectivity index (χ2v) is 15.1. The van der Waals surface area contributed by atoms with Gasteiger partial charge in [0.15, 0.2) is 18.6 Å². The second-order valence-electron chi connectivity index (χ2n) is 13.1. The summed E-state index contributed by atoms with van der Waals surface area (Å²) in [7, 11) is -4.21. The molecule has 0 saturated carbocycles. The second kappa shape index (κ2) is 16.3. The van der Waals surface area contributed by atoms with E-state index in [0.29, 0.717) is 13.0 Å². The lowest BCUT2D eigenvalue weighted by Crippen LogP contribution is -2.61. The summed E-state index contributed by atoms with van der Waals surface area (Å²) in [5, 5.41) is 56.7. The van der Waals surface area contributed by atoms with E-state index in [4.69, 9.17) is 18.9 Å². The third-order valence-electron chi connectivity index (χ3n) is 8.93. The molecule has 2 aromatic carbocycles. The molecule has 3 aliphatic rings. The molecule has 0 aliphatic carbocycles. The maximum absolute atomic E-state index is 14.0. The quantitative estimate of drug-likeness (QED) is 0.137. The van der Waals surface area contributed by atoms with Gasteiger partial charge in [-0.2, -0.15) is 4.31 Å². The van der Waals surface area contributed by atoms with Crippen LogP contribution in [0.3, 0.4) is 0 Å². The molecule has 7 N–H and O–H groups in total. The fraction of sp³-hybridized carbons (Fsp3) is 0.576. The first-order valence-electron chi connectivity index (χ1n) is 16.5. The fourth-order valence-electron chi connectivity index (χ4n) is 6.27. The number of carbonyl (C=O) groups is 2. The van der Waals surface area contributed by atoms with Crippen molar-refractivity contribution in [2.45, 2.75) is 86.8 Å². The number of ether oxygens (including phenoxy) is 4. The van der Waals surface area contributed by atoms with Crippen molar-refractivity contribution in [3.8, 4) is 0 Å². The van der Waals surface area contributed by atoms with Crippen molar-refractivity contribution >= 4 is 27.8 Å². The number of hydrogen-bond donors (Lipinski definition) is 7. The Labute approximate surface area is 290 Å². The number of carboxylic acids is 1. The average Bonchev–Trinajstić information content (AvgIpc) is 3.70.